The molecule has 104 valence electrons. The van der Waals surface area contributed by atoms with Gasteiger partial charge in [-0.25, -0.2) is 0 Å². The molecule has 6 nitrogen and oxygen atoms in total. The molecular formula is C13H12N2O4S. The van der Waals surface area contributed by atoms with E-state index in [2.05, 4.69) is 0 Å². The minimum Gasteiger partial charge on any atom is -0.295 e. The standard InChI is InChI=1S/C13H12N2O4S/c1-8-9(2)20-13(17)14(8)7-12(16)10-3-5-11(6-4-10)15(18)19/h3-6H,7H2,1-2H3. The number of nitro groups is 1. The summed E-state index contributed by atoms with van der Waals surface area (Å²) in [6.45, 7) is 3.57. The van der Waals surface area contributed by atoms with E-state index in [-0.39, 0.29) is 22.9 Å². The highest BCUT2D eigenvalue weighted by atomic mass is 32.1. The Hall–Kier alpha value is -2.28. The highest BCUT2D eigenvalue weighted by molar-refractivity contribution is 7.09. The Bertz CT molecular complexity index is 728. The van der Waals surface area contributed by atoms with Crippen LogP contribution in [0.15, 0.2) is 29.1 Å². The van der Waals surface area contributed by atoms with Crippen LogP contribution in [0.1, 0.15) is 20.9 Å². The number of nitro benzene ring substituents is 1. The second-order valence-corrected chi connectivity index (χ2v) is 5.49. The van der Waals surface area contributed by atoms with Gasteiger partial charge in [-0.15, -0.1) is 0 Å². The number of hydrogen-bond donors (Lipinski definition) is 0. The average molecular weight is 292 g/mol. The Labute approximate surface area is 118 Å². The SMILES string of the molecule is Cc1sc(=O)n(CC(=O)c2ccc([N+](=O)[O-])cc2)c1C. The minimum atomic E-state index is -0.523. The molecule has 0 N–H and O–H groups in total. The number of aromatic nitrogens is 1. The van der Waals surface area contributed by atoms with E-state index in [1.165, 1.54) is 28.8 Å². The summed E-state index contributed by atoms with van der Waals surface area (Å²) in [6, 6.07) is 5.36. The third kappa shape index (κ3) is 2.67. The number of aryl methyl sites for hydroxylation is 1. The third-order valence-electron chi connectivity index (χ3n) is 3.08. The van der Waals surface area contributed by atoms with Crippen molar-refractivity contribution < 1.29 is 9.72 Å². The molecule has 0 radical (unpaired) electrons. The van der Waals surface area contributed by atoms with Gasteiger partial charge in [0, 0.05) is 28.3 Å². The maximum Gasteiger partial charge on any atom is 0.307 e. The first-order chi connectivity index (χ1) is 9.40. The molecule has 1 heterocycles. The zero-order valence-corrected chi connectivity index (χ0v) is 11.8. The van der Waals surface area contributed by atoms with Crippen LogP contribution in [0.25, 0.3) is 0 Å². The van der Waals surface area contributed by atoms with Gasteiger partial charge in [0.25, 0.3) is 5.69 Å². The molecule has 0 fully saturated rings. The second kappa shape index (κ2) is 5.38. The molecule has 20 heavy (non-hydrogen) atoms. The van der Waals surface area contributed by atoms with Crippen LogP contribution in [0.3, 0.4) is 0 Å². The van der Waals surface area contributed by atoms with Crippen LogP contribution in [0, 0.1) is 24.0 Å². The van der Waals surface area contributed by atoms with E-state index in [4.69, 9.17) is 0 Å². The molecule has 0 spiro atoms. The Balaban J connectivity index is 2.24. The quantitative estimate of drug-likeness (QED) is 0.492. The molecule has 1 aromatic carbocycles. The minimum absolute atomic E-state index is 0.0488. The molecule has 0 unspecified atom stereocenters. The smallest absolute Gasteiger partial charge is 0.295 e. The maximum absolute atomic E-state index is 12.1. The van der Waals surface area contributed by atoms with Gasteiger partial charge in [0.05, 0.1) is 11.5 Å². The highest BCUT2D eigenvalue weighted by Crippen LogP contribution is 2.14. The van der Waals surface area contributed by atoms with Gasteiger partial charge in [-0.1, -0.05) is 11.3 Å². The fourth-order valence-corrected chi connectivity index (χ4v) is 2.61. The van der Waals surface area contributed by atoms with Gasteiger partial charge >= 0.3 is 4.87 Å². The summed E-state index contributed by atoms with van der Waals surface area (Å²) >= 11 is 1.11. The fourth-order valence-electron chi connectivity index (χ4n) is 1.77. The number of carbonyl (C=O) groups is 1. The number of Topliss-reactive ketones (excluding diaryl/α,β-unsaturated/α-hetero) is 1. The summed E-state index contributed by atoms with van der Waals surface area (Å²) in [5.41, 5.74) is 1.06. The van der Waals surface area contributed by atoms with Crippen molar-refractivity contribution in [2.75, 3.05) is 0 Å². The lowest BCUT2D eigenvalue weighted by atomic mass is 10.1. The lowest BCUT2D eigenvalue weighted by Crippen LogP contribution is -2.20. The van der Waals surface area contributed by atoms with E-state index in [1.54, 1.807) is 6.92 Å². The zero-order chi connectivity index (χ0) is 14.9. The summed E-state index contributed by atoms with van der Waals surface area (Å²) in [5, 5.41) is 10.5. The Kier molecular flexibility index (Phi) is 3.80. The molecule has 0 saturated carbocycles. The zero-order valence-electron chi connectivity index (χ0n) is 11.0. The molecule has 0 aliphatic carbocycles. The van der Waals surface area contributed by atoms with Crippen molar-refractivity contribution in [3.63, 3.8) is 0 Å². The summed E-state index contributed by atoms with van der Waals surface area (Å²) in [7, 11) is 0. The van der Waals surface area contributed by atoms with E-state index in [0.29, 0.717) is 5.56 Å². The van der Waals surface area contributed by atoms with Gasteiger partial charge in [-0.2, -0.15) is 0 Å². The van der Waals surface area contributed by atoms with Crippen molar-refractivity contribution in [3.05, 3.63) is 60.2 Å². The van der Waals surface area contributed by atoms with E-state index < -0.39 is 4.92 Å². The third-order valence-corrected chi connectivity index (χ3v) is 4.07. The van der Waals surface area contributed by atoms with Crippen molar-refractivity contribution in [3.8, 4) is 0 Å². The molecule has 0 aliphatic rings. The van der Waals surface area contributed by atoms with E-state index in [9.17, 15) is 19.7 Å². The summed E-state index contributed by atoms with van der Waals surface area (Å²) in [4.78, 5) is 34.5. The van der Waals surface area contributed by atoms with E-state index >= 15 is 0 Å². The van der Waals surface area contributed by atoms with Crippen LogP contribution < -0.4 is 4.87 Å². The molecule has 0 saturated heterocycles. The average Bonchev–Trinajstić information content (AvgIpc) is 2.65. The Morgan fingerprint density at radius 3 is 2.35 bits per heavy atom. The number of rotatable bonds is 4. The molecule has 2 aromatic rings. The number of non-ortho nitro benzene ring substituents is 1. The number of thiazole rings is 1. The number of carbonyl (C=O) groups excluding carboxylic acids is 1. The lowest BCUT2D eigenvalue weighted by molar-refractivity contribution is -0.384. The predicted molar refractivity (Wildman–Crippen MR) is 75.5 cm³/mol. The van der Waals surface area contributed by atoms with Crippen molar-refractivity contribution in [2.24, 2.45) is 0 Å². The molecule has 1 aromatic heterocycles. The normalized spacial score (nSPS) is 10.5. The fraction of sp³-hybridized carbons (Fsp3) is 0.231. The van der Waals surface area contributed by atoms with Crippen LogP contribution in [0.5, 0.6) is 0 Å². The molecule has 0 atom stereocenters. The van der Waals surface area contributed by atoms with Crippen LogP contribution in [0.4, 0.5) is 5.69 Å². The molecular weight excluding hydrogens is 280 g/mol. The first-order valence-corrected chi connectivity index (χ1v) is 6.66. The van der Waals surface area contributed by atoms with Crippen molar-refractivity contribution in [1.29, 1.82) is 0 Å². The van der Waals surface area contributed by atoms with Gasteiger partial charge in [-0.05, 0) is 26.0 Å². The topological polar surface area (TPSA) is 82.2 Å². The van der Waals surface area contributed by atoms with Crippen LogP contribution >= 0.6 is 11.3 Å². The molecule has 2 rings (SSSR count). The van der Waals surface area contributed by atoms with Crippen LogP contribution in [-0.2, 0) is 6.54 Å². The van der Waals surface area contributed by atoms with E-state index in [0.717, 1.165) is 21.9 Å². The Morgan fingerprint density at radius 2 is 1.90 bits per heavy atom. The first-order valence-electron chi connectivity index (χ1n) is 5.84. The highest BCUT2D eigenvalue weighted by Gasteiger charge is 2.14. The Morgan fingerprint density at radius 1 is 1.30 bits per heavy atom. The van der Waals surface area contributed by atoms with E-state index in [1.807, 2.05) is 6.92 Å². The van der Waals surface area contributed by atoms with Crippen molar-refractivity contribution in [2.45, 2.75) is 20.4 Å². The number of hydrogen-bond acceptors (Lipinski definition) is 5. The number of nitrogens with zero attached hydrogens (tertiary/aromatic N) is 2. The summed E-state index contributed by atoms with van der Waals surface area (Å²) < 4.78 is 1.42. The van der Waals surface area contributed by atoms with Gasteiger partial charge in [0.1, 0.15) is 0 Å². The van der Waals surface area contributed by atoms with Gasteiger partial charge in [0.15, 0.2) is 5.78 Å². The van der Waals surface area contributed by atoms with Crippen molar-refractivity contribution >= 4 is 22.8 Å². The number of benzene rings is 1. The second-order valence-electron chi connectivity index (χ2n) is 4.32. The predicted octanol–water partition coefficient (Wildman–Crippen LogP) is 2.32. The maximum atomic E-state index is 12.1. The van der Waals surface area contributed by atoms with Gasteiger partial charge in [0.2, 0.25) is 0 Å². The van der Waals surface area contributed by atoms with Crippen LogP contribution in [0.2, 0.25) is 0 Å². The monoisotopic (exact) mass is 292 g/mol. The van der Waals surface area contributed by atoms with Crippen molar-refractivity contribution in [1.82, 2.24) is 4.57 Å². The lowest BCUT2D eigenvalue weighted by Gasteiger charge is -2.04. The van der Waals surface area contributed by atoms with Crippen LogP contribution in [-0.4, -0.2) is 15.3 Å². The summed E-state index contributed by atoms with van der Waals surface area (Å²) in [5.74, 6) is -0.247. The molecule has 0 bridgehead atoms. The number of ketones is 1. The molecule has 0 aliphatic heterocycles. The first kappa shape index (κ1) is 14.1. The van der Waals surface area contributed by atoms with Gasteiger partial charge < -0.3 is 0 Å². The van der Waals surface area contributed by atoms with Gasteiger partial charge in [-0.3, -0.25) is 24.3 Å². The molecule has 7 heteroatoms. The molecule has 0 amide bonds. The largest absolute Gasteiger partial charge is 0.307 e. The summed E-state index contributed by atoms with van der Waals surface area (Å²) in [6.07, 6.45) is 0.